The third-order valence-corrected chi connectivity index (χ3v) is 6.13. The van der Waals surface area contributed by atoms with Gasteiger partial charge in [-0.1, -0.05) is 0 Å². The molecular formula is C21H29N5O4. The van der Waals surface area contributed by atoms with E-state index in [2.05, 4.69) is 21.7 Å². The van der Waals surface area contributed by atoms with E-state index in [1.165, 1.54) is 7.11 Å². The van der Waals surface area contributed by atoms with E-state index in [0.717, 1.165) is 63.0 Å². The Bertz CT molecular complexity index is 945. The van der Waals surface area contributed by atoms with E-state index in [-0.39, 0.29) is 30.4 Å². The van der Waals surface area contributed by atoms with Crippen LogP contribution >= 0.6 is 0 Å². The zero-order chi connectivity index (χ0) is 21.1. The molecule has 30 heavy (non-hydrogen) atoms. The maximum absolute atomic E-state index is 13.0. The molecule has 0 aromatic carbocycles. The van der Waals surface area contributed by atoms with Crippen molar-refractivity contribution in [2.24, 2.45) is 0 Å². The Morgan fingerprint density at radius 3 is 2.60 bits per heavy atom. The molecule has 1 aliphatic carbocycles. The molecule has 162 valence electrons. The average molecular weight is 415 g/mol. The monoisotopic (exact) mass is 415 g/mol. The summed E-state index contributed by atoms with van der Waals surface area (Å²) in [5, 5.41) is 0. The van der Waals surface area contributed by atoms with E-state index in [4.69, 9.17) is 9.72 Å². The highest BCUT2D eigenvalue weighted by atomic mass is 16.6. The third kappa shape index (κ3) is 4.46. The Morgan fingerprint density at radius 2 is 1.87 bits per heavy atom. The molecule has 2 aromatic rings. The number of carbonyl (C=O) groups excluding carboxylic acids is 1. The number of aromatic nitrogens is 4. The second-order valence-electron chi connectivity index (χ2n) is 8.10. The first-order valence-electron chi connectivity index (χ1n) is 10.6. The minimum atomic E-state index is -0.362. The van der Waals surface area contributed by atoms with Gasteiger partial charge in [-0.05, 0) is 32.7 Å². The number of carbonyl (C=O) groups is 1. The Balaban J connectivity index is 1.44. The number of hydrogen-bond acceptors (Lipinski definition) is 7. The first-order chi connectivity index (χ1) is 14.5. The summed E-state index contributed by atoms with van der Waals surface area (Å²) in [6.45, 7) is 1.90. The van der Waals surface area contributed by atoms with Crippen molar-refractivity contribution in [2.75, 3.05) is 33.9 Å². The van der Waals surface area contributed by atoms with Gasteiger partial charge < -0.3 is 14.4 Å². The summed E-state index contributed by atoms with van der Waals surface area (Å²) in [7, 11) is 3.46. The van der Waals surface area contributed by atoms with Crippen LogP contribution in [0.2, 0.25) is 0 Å². The van der Waals surface area contributed by atoms with Crippen molar-refractivity contribution >= 4 is 5.97 Å². The first-order valence-corrected chi connectivity index (χ1v) is 10.6. The van der Waals surface area contributed by atoms with Crippen molar-refractivity contribution in [3.05, 3.63) is 40.5 Å². The number of ether oxygens (including phenoxy) is 2. The quantitative estimate of drug-likeness (QED) is 0.676. The molecule has 0 spiro atoms. The highest BCUT2D eigenvalue weighted by molar-refractivity contribution is 5.70. The topological polar surface area (TPSA) is 91.5 Å². The summed E-state index contributed by atoms with van der Waals surface area (Å²) in [6.07, 6.45) is 10.4. The Labute approximate surface area is 175 Å². The Hall–Kier alpha value is -2.52. The molecule has 4 rings (SSSR count). The van der Waals surface area contributed by atoms with Crippen LogP contribution < -0.4 is 5.69 Å². The number of fused-ring (bicyclic) bond motifs is 1. The number of hydrogen-bond donors (Lipinski definition) is 0. The van der Waals surface area contributed by atoms with Gasteiger partial charge in [0.15, 0.2) is 5.82 Å². The summed E-state index contributed by atoms with van der Waals surface area (Å²) >= 11 is 0. The normalized spacial score (nSPS) is 22.3. The van der Waals surface area contributed by atoms with Gasteiger partial charge in [-0.15, -0.1) is 0 Å². The number of methoxy groups -OCH3 is 1. The van der Waals surface area contributed by atoms with Crippen LogP contribution in [0.15, 0.2) is 23.4 Å². The number of rotatable bonds is 5. The minimum Gasteiger partial charge on any atom is -0.467 e. The lowest BCUT2D eigenvalue weighted by molar-refractivity contribution is -0.148. The SMILES string of the molecule is COC(=O)COC1CCC(n2ccn(-c3cnc4c(n3)CCN(C)CC4)c2=O)CC1. The molecule has 2 aromatic heterocycles. The van der Waals surface area contributed by atoms with Crippen LogP contribution in [0, 0.1) is 0 Å². The molecule has 0 unspecified atom stereocenters. The van der Waals surface area contributed by atoms with E-state index < -0.39 is 0 Å². The van der Waals surface area contributed by atoms with Gasteiger partial charge in [0, 0.05) is 44.4 Å². The molecular weight excluding hydrogens is 386 g/mol. The van der Waals surface area contributed by atoms with Gasteiger partial charge in [-0.3, -0.25) is 14.1 Å². The largest absolute Gasteiger partial charge is 0.467 e. The second-order valence-corrected chi connectivity index (χ2v) is 8.10. The van der Waals surface area contributed by atoms with E-state index in [9.17, 15) is 9.59 Å². The predicted molar refractivity (Wildman–Crippen MR) is 110 cm³/mol. The minimum absolute atomic E-state index is 0.0189. The predicted octanol–water partition coefficient (Wildman–Crippen LogP) is 1.13. The lowest BCUT2D eigenvalue weighted by atomic mass is 9.93. The van der Waals surface area contributed by atoms with Gasteiger partial charge in [-0.2, -0.15) is 0 Å². The fraction of sp³-hybridized carbons (Fsp3) is 0.619. The number of nitrogens with zero attached hydrogens (tertiary/aromatic N) is 5. The van der Waals surface area contributed by atoms with Gasteiger partial charge >= 0.3 is 11.7 Å². The molecule has 1 saturated carbocycles. The van der Waals surface area contributed by atoms with E-state index in [1.54, 1.807) is 21.5 Å². The van der Waals surface area contributed by atoms with Crippen LogP contribution in [0.3, 0.4) is 0 Å². The summed E-state index contributed by atoms with van der Waals surface area (Å²) in [5.41, 5.74) is 1.93. The van der Waals surface area contributed by atoms with Crippen LogP contribution in [-0.2, 0) is 27.1 Å². The molecule has 3 heterocycles. The Kier molecular flexibility index (Phi) is 6.29. The zero-order valence-electron chi connectivity index (χ0n) is 17.6. The van der Waals surface area contributed by atoms with E-state index in [0.29, 0.717) is 5.82 Å². The van der Waals surface area contributed by atoms with Crippen LogP contribution in [0.4, 0.5) is 0 Å². The second kappa shape index (κ2) is 9.09. The van der Waals surface area contributed by atoms with Crippen molar-refractivity contribution in [1.82, 2.24) is 24.0 Å². The summed E-state index contributed by atoms with van der Waals surface area (Å²) < 4.78 is 13.6. The summed E-state index contributed by atoms with van der Waals surface area (Å²) in [6, 6.07) is 0.124. The Morgan fingerprint density at radius 1 is 1.13 bits per heavy atom. The molecule has 2 aliphatic rings. The van der Waals surface area contributed by atoms with Crippen molar-refractivity contribution in [2.45, 2.75) is 50.7 Å². The van der Waals surface area contributed by atoms with Crippen LogP contribution in [-0.4, -0.2) is 69.9 Å². The fourth-order valence-electron chi connectivity index (χ4n) is 4.25. The van der Waals surface area contributed by atoms with E-state index >= 15 is 0 Å². The number of imidazole rings is 1. The number of likely N-dealkylation sites (N-methyl/N-ethyl adjacent to an activating group) is 1. The van der Waals surface area contributed by atoms with Gasteiger partial charge in [0.25, 0.3) is 0 Å². The molecule has 1 fully saturated rings. The summed E-state index contributed by atoms with van der Waals surface area (Å²) in [4.78, 5) is 35.9. The standard InChI is InChI=1S/C21H29N5O4/c1-24-9-7-17-18(8-10-24)23-19(13-22-17)26-12-11-25(21(26)28)15-3-5-16(6-4-15)30-14-20(27)29-2/h11-13,15-16H,3-10,14H2,1-2H3. The van der Waals surface area contributed by atoms with Crippen molar-refractivity contribution in [3.63, 3.8) is 0 Å². The highest BCUT2D eigenvalue weighted by Crippen LogP contribution is 2.29. The summed E-state index contributed by atoms with van der Waals surface area (Å²) in [5.74, 6) is 0.219. The molecule has 0 saturated heterocycles. The molecule has 0 amide bonds. The van der Waals surface area contributed by atoms with Crippen molar-refractivity contribution in [1.29, 1.82) is 0 Å². The molecule has 0 atom stereocenters. The molecule has 1 aliphatic heterocycles. The average Bonchev–Trinajstić information content (AvgIpc) is 3.05. The van der Waals surface area contributed by atoms with Gasteiger partial charge in [0.2, 0.25) is 0 Å². The van der Waals surface area contributed by atoms with Crippen LogP contribution in [0.1, 0.15) is 43.1 Å². The van der Waals surface area contributed by atoms with Crippen LogP contribution in [0.25, 0.3) is 5.82 Å². The third-order valence-electron chi connectivity index (χ3n) is 6.13. The molecule has 0 bridgehead atoms. The highest BCUT2D eigenvalue weighted by Gasteiger charge is 2.25. The maximum Gasteiger partial charge on any atom is 0.334 e. The zero-order valence-corrected chi connectivity index (χ0v) is 17.6. The van der Waals surface area contributed by atoms with Gasteiger partial charge in [-0.25, -0.2) is 14.6 Å². The molecule has 9 heteroatoms. The maximum atomic E-state index is 13.0. The van der Waals surface area contributed by atoms with Crippen LogP contribution in [0.5, 0.6) is 0 Å². The van der Waals surface area contributed by atoms with Crippen molar-refractivity contribution < 1.29 is 14.3 Å². The lowest BCUT2D eigenvalue weighted by Crippen LogP contribution is -2.31. The first kappa shape index (κ1) is 20.7. The smallest absolute Gasteiger partial charge is 0.334 e. The van der Waals surface area contributed by atoms with E-state index in [1.807, 2.05) is 6.20 Å². The molecule has 0 radical (unpaired) electrons. The molecule has 9 nitrogen and oxygen atoms in total. The number of esters is 1. The van der Waals surface area contributed by atoms with Crippen molar-refractivity contribution in [3.8, 4) is 5.82 Å². The lowest BCUT2D eigenvalue weighted by Gasteiger charge is -2.28. The van der Waals surface area contributed by atoms with Gasteiger partial charge in [0.05, 0.1) is 30.8 Å². The van der Waals surface area contributed by atoms with Gasteiger partial charge in [0.1, 0.15) is 6.61 Å². The fourth-order valence-corrected chi connectivity index (χ4v) is 4.25. The molecule has 0 N–H and O–H groups in total.